The maximum atomic E-state index is 11.3. The van der Waals surface area contributed by atoms with Crippen molar-refractivity contribution in [3.63, 3.8) is 0 Å². The monoisotopic (exact) mass is 467 g/mol. The summed E-state index contributed by atoms with van der Waals surface area (Å²) in [6.07, 6.45) is 4.16. The van der Waals surface area contributed by atoms with Gasteiger partial charge in [0.05, 0.1) is 12.1 Å². The van der Waals surface area contributed by atoms with E-state index in [2.05, 4.69) is 46.6 Å². The first-order chi connectivity index (χ1) is 17.1. The molecule has 1 aliphatic rings. The molecule has 3 N–H and O–H groups in total. The van der Waals surface area contributed by atoms with Crippen molar-refractivity contribution in [1.29, 1.82) is 0 Å². The van der Waals surface area contributed by atoms with Gasteiger partial charge in [0.25, 0.3) is 0 Å². The lowest BCUT2D eigenvalue weighted by atomic mass is 9.93. The molecular formula is C26H25N7O2. The van der Waals surface area contributed by atoms with E-state index in [1.165, 1.54) is 16.8 Å². The molecule has 5 aromatic rings. The zero-order chi connectivity index (χ0) is 23.9. The molecule has 0 unspecified atom stereocenters. The lowest BCUT2D eigenvalue weighted by molar-refractivity contribution is 0.131. The largest absolute Gasteiger partial charge is 0.465 e. The van der Waals surface area contributed by atoms with Gasteiger partial charge in [-0.3, -0.25) is 4.68 Å². The second kappa shape index (κ2) is 8.43. The van der Waals surface area contributed by atoms with Crippen molar-refractivity contribution in [3.05, 3.63) is 78.4 Å². The number of amides is 1. The molecule has 2 aromatic carbocycles. The van der Waals surface area contributed by atoms with Crippen LogP contribution in [0.15, 0.2) is 67.1 Å². The Balaban J connectivity index is 1.38. The molecule has 1 fully saturated rings. The van der Waals surface area contributed by atoms with Gasteiger partial charge in [0.1, 0.15) is 11.8 Å². The second-order valence-electron chi connectivity index (χ2n) is 9.02. The first-order valence-electron chi connectivity index (χ1n) is 11.7. The van der Waals surface area contributed by atoms with Crippen LogP contribution in [-0.4, -0.2) is 53.6 Å². The minimum absolute atomic E-state index is 0.193. The molecule has 0 saturated carbocycles. The van der Waals surface area contributed by atoms with Gasteiger partial charge in [-0.2, -0.15) is 10.2 Å². The molecule has 3 aromatic heterocycles. The van der Waals surface area contributed by atoms with Crippen LogP contribution in [0.1, 0.15) is 30.0 Å². The van der Waals surface area contributed by atoms with Gasteiger partial charge < -0.3 is 15.7 Å². The Morgan fingerprint density at radius 2 is 1.89 bits per heavy atom. The summed E-state index contributed by atoms with van der Waals surface area (Å²) in [5.41, 5.74) is 12.3. The molecular weight excluding hydrogens is 442 g/mol. The molecule has 0 radical (unpaired) electrons. The maximum Gasteiger partial charge on any atom is 0.407 e. The smallest absolute Gasteiger partial charge is 0.407 e. The molecule has 35 heavy (non-hydrogen) atoms. The van der Waals surface area contributed by atoms with Crippen molar-refractivity contribution in [3.8, 4) is 11.1 Å². The fourth-order valence-corrected chi connectivity index (χ4v) is 5.07. The van der Waals surface area contributed by atoms with Crippen LogP contribution in [0.5, 0.6) is 0 Å². The molecule has 0 bridgehead atoms. The highest BCUT2D eigenvalue weighted by atomic mass is 16.4. The van der Waals surface area contributed by atoms with E-state index < -0.39 is 6.09 Å². The third-order valence-corrected chi connectivity index (χ3v) is 6.84. The van der Waals surface area contributed by atoms with E-state index in [4.69, 9.17) is 10.8 Å². The van der Waals surface area contributed by atoms with Gasteiger partial charge in [0.2, 0.25) is 0 Å². The molecule has 1 saturated heterocycles. The number of rotatable bonds is 4. The Hall–Kier alpha value is -4.40. The number of benzene rings is 2. The Morgan fingerprint density at radius 1 is 1.09 bits per heavy atom. The SMILES string of the molecule is Nc1ncnn2c(C3CCN(C(=O)O)CC3)cc(-c3ccc4nn(Cc5ccccc5)cc4c3)c12. The van der Waals surface area contributed by atoms with Crippen LogP contribution >= 0.6 is 0 Å². The standard InChI is InChI=1S/C26H25N7O2/c27-25-24-21(13-23(33(24)29-16-28-25)18-8-10-31(11-9-18)26(34)35)19-6-7-22-20(12-19)15-32(30-22)14-17-4-2-1-3-5-17/h1-7,12-13,15-16,18H,8-11,14H2,(H,34,35)(H2,27,28,29). The molecule has 0 atom stereocenters. The summed E-state index contributed by atoms with van der Waals surface area (Å²) in [5.74, 6) is 0.614. The van der Waals surface area contributed by atoms with Gasteiger partial charge in [-0.1, -0.05) is 36.4 Å². The fraction of sp³-hybridized carbons (Fsp3) is 0.231. The number of nitrogens with zero attached hydrogens (tertiary/aromatic N) is 6. The van der Waals surface area contributed by atoms with Crippen molar-refractivity contribution in [2.45, 2.75) is 25.3 Å². The molecule has 9 nitrogen and oxygen atoms in total. The van der Waals surface area contributed by atoms with E-state index in [-0.39, 0.29) is 5.92 Å². The normalized spacial score (nSPS) is 14.7. The van der Waals surface area contributed by atoms with Crippen LogP contribution in [0.25, 0.3) is 27.5 Å². The van der Waals surface area contributed by atoms with Crippen molar-refractivity contribution in [1.82, 2.24) is 29.3 Å². The fourth-order valence-electron chi connectivity index (χ4n) is 5.07. The number of carboxylic acid groups (broad SMARTS) is 1. The second-order valence-corrected chi connectivity index (χ2v) is 9.02. The third kappa shape index (κ3) is 3.84. The molecule has 4 heterocycles. The predicted molar refractivity (Wildman–Crippen MR) is 133 cm³/mol. The van der Waals surface area contributed by atoms with Crippen LogP contribution in [-0.2, 0) is 6.54 Å². The lowest BCUT2D eigenvalue weighted by Gasteiger charge is -2.29. The van der Waals surface area contributed by atoms with Gasteiger partial charge in [-0.25, -0.2) is 14.3 Å². The molecule has 0 aliphatic carbocycles. The predicted octanol–water partition coefficient (Wildman–Crippen LogP) is 4.23. The molecule has 0 spiro atoms. The van der Waals surface area contributed by atoms with Crippen molar-refractivity contribution >= 4 is 28.3 Å². The quantitative estimate of drug-likeness (QED) is 0.409. The van der Waals surface area contributed by atoms with E-state index in [1.54, 1.807) is 0 Å². The Labute approximate surface area is 201 Å². The summed E-state index contributed by atoms with van der Waals surface area (Å²) in [7, 11) is 0. The summed E-state index contributed by atoms with van der Waals surface area (Å²) >= 11 is 0. The highest BCUT2D eigenvalue weighted by Gasteiger charge is 2.27. The summed E-state index contributed by atoms with van der Waals surface area (Å²) < 4.78 is 3.84. The Kier molecular flexibility index (Phi) is 5.09. The Morgan fingerprint density at radius 3 is 2.66 bits per heavy atom. The number of nitrogen functional groups attached to an aromatic ring is 1. The van der Waals surface area contributed by atoms with Gasteiger partial charge in [0, 0.05) is 41.8 Å². The summed E-state index contributed by atoms with van der Waals surface area (Å²) in [4.78, 5) is 17.0. The number of hydrogen-bond donors (Lipinski definition) is 2. The first kappa shape index (κ1) is 21.2. The van der Waals surface area contributed by atoms with Crippen LogP contribution in [0.4, 0.5) is 10.6 Å². The van der Waals surface area contributed by atoms with Gasteiger partial charge >= 0.3 is 6.09 Å². The van der Waals surface area contributed by atoms with Crippen molar-refractivity contribution in [2.75, 3.05) is 18.8 Å². The minimum Gasteiger partial charge on any atom is -0.465 e. The number of aromatic nitrogens is 5. The van der Waals surface area contributed by atoms with Crippen molar-refractivity contribution in [2.24, 2.45) is 0 Å². The highest BCUT2D eigenvalue weighted by Crippen LogP contribution is 2.37. The van der Waals surface area contributed by atoms with Crippen LogP contribution in [0.3, 0.4) is 0 Å². The highest BCUT2D eigenvalue weighted by molar-refractivity contribution is 5.92. The summed E-state index contributed by atoms with van der Waals surface area (Å²) in [6.45, 7) is 1.73. The number of anilines is 1. The summed E-state index contributed by atoms with van der Waals surface area (Å²) in [5, 5.41) is 19.6. The zero-order valence-electron chi connectivity index (χ0n) is 19.1. The zero-order valence-corrected chi connectivity index (χ0v) is 19.1. The number of carbonyl (C=O) groups is 1. The van der Waals surface area contributed by atoms with E-state index in [9.17, 15) is 9.90 Å². The average Bonchev–Trinajstić information content (AvgIpc) is 3.46. The van der Waals surface area contributed by atoms with Crippen LogP contribution in [0, 0.1) is 0 Å². The number of fused-ring (bicyclic) bond motifs is 2. The Bertz CT molecular complexity index is 1530. The van der Waals surface area contributed by atoms with Gasteiger partial charge in [-0.15, -0.1) is 0 Å². The van der Waals surface area contributed by atoms with Crippen molar-refractivity contribution < 1.29 is 9.90 Å². The van der Waals surface area contributed by atoms with Crippen LogP contribution in [0.2, 0.25) is 0 Å². The lowest BCUT2D eigenvalue weighted by Crippen LogP contribution is -2.37. The number of nitrogens with two attached hydrogens (primary N) is 1. The molecule has 1 amide bonds. The summed E-state index contributed by atoms with van der Waals surface area (Å²) in [6, 6.07) is 18.6. The van der Waals surface area contributed by atoms with Gasteiger partial charge in [0.15, 0.2) is 5.82 Å². The minimum atomic E-state index is -0.864. The molecule has 176 valence electrons. The topological polar surface area (TPSA) is 115 Å². The molecule has 1 aliphatic heterocycles. The number of likely N-dealkylation sites (tertiary alicyclic amines) is 1. The molecule has 9 heteroatoms. The number of piperidine rings is 1. The number of hydrogen-bond acceptors (Lipinski definition) is 5. The van der Waals surface area contributed by atoms with E-state index in [1.807, 2.05) is 33.5 Å². The first-order valence-corrected chi connectivity index (χ1v) is 11.7. The van der Waals surface area contributed by atoms with E-state index >= 15 is 0 Å². The third-order valence-electron chi connectivity index (χ3n) is 6.84. The van der Waals surface area contributed by atoms with E-state index in [0.717, 1.165) is 46.1 Å². The van der Waals surface area contributed by atoms with Crippen LogP contribution < -0.4 is 5.73 Å². The maximum absolute atomic E-state index is 11.3. The average molecular weight is 468 g/mol. The van der Waals surface area contributed by atoms with E-state index in [0.29, 0.717) is 25.5 Å². The van der Waals surface area contributed by atoms with Gasteiger partial charge in [-0.05, 0) is 42.2 Å². The molecule has 6 rings (SSSR count).